The van der Waals surface area contributed by atoms with E-state index in [9.17, 15) is 4.39 Å². The molecule has 0 spiro atoms. The first-order chi connectivity index (χ1) is 12.1. The Balaban J connectivity index is 0.00000168. The molecule has 2 aliphatic heterocycles. The van der Waals surface area contributed by atoms with Crippen molar-refractivity contribution in [1.29, 1.82) is 0 Å². The Kier molecular flexibility index (Phi) is 4.83. The highest BCUT2D eigenvalue weighted by Crippen LogP contribution is 2.66. The molecule has 1 saturated heterocycles. The predicted octanol–water partition coefficient (Wildman–Crippen LogP) is 4.95. The molecule has 3 aliphatic rings. The molecule has 3 nitrogen and oxygen atoms in total. The van der Waals surface area contributed by atoms with Gasteiger partial charge in [-0.25, -0.2) is 4.39 Å². The van der Waals surface area contributed by atoms with Crippen LogP contribution in [-0.2, 0) is 18.4 Å². The molecule has 2 fully saturated rings. The summed E-state index contributed by atoms with van der Waals surface area (Å²) in [6, 6.07) is 5.31. The number of hydrogen-bond donors (Lipinski definition) is 1. The zero-order chi connectivity index (χ0) is 17.2. The second-order valence-electron chi connectivity index (χ2n) is 7.72. The zero-order valence-corrected chi connectivity index (χ0v) is 17.7. The van der Waals surface area contributed by atoms with Gasteiger partial charge in [0.15, 0.2) is 4.77 Å². The van der Waals surface area contributed by atoms with Crippen molar-refractivity contribution in [2.24, 2.45) is 0 Å². The van der Waals surface area contributed by atoms with E-state index in [-0.39, 0.29) is 23.6 Å². The molecule has 3 heterocycles. The summed E-state index contributed by atoms with van der Waals surface area (Å²) in [6.07, 6.45) is 4.68. The maximum Gasteiger partial charge on any atom is 0.177 e. The number of H-pyrrole nitrogens is 1. The number of fused-ring (bicyclic) bond motifs is 3. The molecule has 1 saturated carbocycles. The molecule has 1 N–H and O–H groups in total. The van der Waals surface area contributed by atoms with Gasteiger partial charge in [-0.15, -0.1) is 12.4 Å². The second-order valence-corrected chi connectivity index (χ2v) is 9.02. The Hall–Kier alpha value is -0.690. The van der Waals surface area contributed by atoms with Crippen molar-refractivity contribution in [3.05, 3.63) is 50.2 Å². The number of hydrogen-bond acceptors (Lipinski definition) is 2. The molecular weight excluding hydrogens is 437 g/mol. The van der Waals surface area contributed by atoms with Crippen LogP contribution in [0.3, 0.4) is 0 Å². The zero-order valence-electron chi connectivity index (χ0n) is 14.4. The van der Waals surface area contributed by atoms with Gasteiger partial charge in [0, 0.05) is 46.7 Å². The topological polar surface area (TPSA) is 24.0 Å². The highest BCUT2D eigenvalue weighted by Gasteiger charge is 2.63. The number of likely N-dealkylation sites (tertiary alicyclic amines) is 1. The second kappa shape index (κ2) is 6.73. The molecule has 26 heavy (non-hydrogen) atoms. The summed E-state index contributed by atoms with van der Waals surface area (Å²) in [5.74, 6) is 0.308. The molecular formula is C19H22BrClFN3S. The first-order valence-electron chi connectivity index (χ1n) is 9.08. The van der Waals surface area contributed by atoms with Crippen LogP contribution in [0.15, 0.2) is 22.7 Å². The van der Waals surface area contributed by atoms with Gasteiger partial charge in [-0.05, 0) is 68.3 Å². The summed E-state index contributed by atoms with van der Waals surface area (Å²) in [5, 5.41) is 0. The van der Waals surface area contributed by atoms with Crippen LogP contribution in [0.5, 0.6) is 0 Å². The predicted molar refractivity (Wildman–Crippen MR) is 109 cm³/mol. The van der Waals surface area contributed by atoms with E-state index in [2.05, 4.69) is 30.4 Å². The van der Waals surface area contributed by atoms with Gasteiger partial charge in [0.1, 0.15) is 5.82 Å². The lowest BCUT2D eigenvalue weighted by molar-refractivity contribution is 0.342. The molecule has 7 heteroatoms. The first kappa shape index (κ1) is 18.7. The van der Waals surface area contributed by atoms with Gasteiger partial charge in [0.25, 0.3) is 0 Å². The quantitative estimate of drug-likeness (QED) is 0.656. The smallest absolute Gasteiger partial charge is 0.177 e. The van der Waals surface area contributed by atoms with Crippen LogP contribution in [0.2, 0.25) is 0 Å². The van der Waals surface area contributed by atoms with Crippen LogP contribution in [0.25, 0.3) is 0 Å². The summed E-state index contributed by atoms with van der Waals surface area (Å²) in [5.41, 5.74) is 3.37. The number of benzene rings is 1. The SMILES string of the molecule is Cl.Fc1ccc(Br)cc1[C@]12C[C@H]1c1c(CCN3CCCC3)[nH]c(=S)n1C2. The van der Waals surface area contributed by atoms with Crippen molar-refractivity contribution in [2.75, 3.05) is 19.6 Å². The largest absolute Gasteiger partial charge is 0.334 e. The van der Waals surface area contributed by atoms with E-state index in [1.807, 2.05) is 6.07 Å². The summed E-state index contributed by atoms with van der Waals surface area (Å²) in [4.78, 5) is 5.97. The highest BCUT2D eigenvalue weighted by atomic mass is 79.9. The maximum atomic E-state index is 14.5. The van der Waals surface area contributed by atoms with E-state index < -0.39 is 0 Å². The van der Waals surface area contributed by atoms with Crippen LogP contribution >= 0.6 is 40.6 Å². The van der Waals surface area contributed by atoms with E-state index >= 15 is 0 Å². The van der Waals surface area contributed by atoms with Crippen LogP contribution in [0.4, 0.5) is 4.39 Å². The Morgan fingerprint density at radius 3 is 2.85 bits per heavy atom. The van der Waals surface area contributed by atoms with Crippen LogP contribution < -0.4 is 0 Å². The van der Waals surface area contributed by atoms with Crippen molar-refractivity contribution in [2.45, 2.75) is 43.6 Å². The molecule has 1 aromatic carbocycles. The number of imidazole rings is 1. The van der Waals surface area contributed by atoms with Crippen molar-refractivity contribution in [1.82, 2.24) is 14.5 Å². The Labute approximate surface area is 172 Å². The summed E-state index contributed by atoms with van der Waals surface area (Å²) >= 11 is 9.07. The summed E-state index contributed by atoms with van der Waals surface area (Å²) in [6.45, 7) is 4.33. The molecule has 0 bridgehead atoms. The van der Waals surface area contributed by atoms with Gasteiger partial charge in [-0.3, -0.25) is 0 Å². The van der Waals surface area contributed by atoms with Crippen molar-refractivity contribution in [3.63, 3.8) is 0 Å². The van der Waals surface area contributed by atoms with E-state index in [0.717, 1.165) is 40.7 Å². The Morgan fingerprint density at radius 1 is 1.31 bits per heavy atom. The normalized spacial score (nSPS) is 26.5. The van der Waals surface area contributed by atoms with Crippen LogP contribution in [0, 0.1) is 10.6 Å². The van der Waals surface area contributed by atoms with Gasteiger partial charge >= 0.3 is 0 Å². The van der Waals surface area contributed by atoms with Gasteiger partial charge < -0.3 is 14.5 Å². The minimum atomic E-state index is -0.0926. The molecule has 5 rings (SSSR count). The number of nitrogens with one attached hydrogen (secondary N) is 1. The van der Waals surface area contributed by atoms with Gasteiger partial charge in [0.2, 0.25) is 0 Å². The monoisotopic (exact) mass is 457 g/mol. The summed E-state index contributed by atoms with van der Waals surface area (Å²) < 4.78 is 18.5. The first-order valence-corrected chi connectivity index (χ1v) is 10.3. The lowest BCUT2D eigenvalue weighted by atomic mass is 9.93. The number of rotatable bonds is 4. The molecule has 2 aromatic rings. The van der Waals surface area contributed by atoms with E-state index in [1.165, 1.54) is 37.3 Å². The van der Waals surface area contributed by atoms with Crippen LogP contribution in [-0.4, -0.2) is 34.1 Å². The third-order valence-corrected chi connectivity index (χ3v) is 7.11. The fourth-order valence-electron chi connectivity index (χ4n) is 4.94. The van der Waals surface area contributed by atoms with Gasteiger partial charge in [-0.2, -0.15) is 0 Å². The average Bonchev–Trinajstić information content (AvgIpc) is 2.96. The minimum absolute atomic E-state index is 0. The van der Waals surface area contributed by atoms with Crippen molar-refractivity contribution < 1.29 is 4.39 Å². The van der Waals surface area contributed by atoms with Crippen molar-refractivity contribution >= 4 is 40.6 Å². The number of aromatic nitrogens is 2. The maximum absolute atomic E-state index is 14.5. The fraction of sp³-hybridized carbons (Fsp3) is 0.526. The number of nitrogens with zero attached hydrogens (tertiary/aromatic N) is 2. The van der Waals surface area contributed by atoms with E-state index in [1.54, 1.807) is 12.1 Å². The standard InChI is InChI=1S/C19H21BrFN3S.ClH/c20-12-3-4-15(21)13(9-12)19-10-14(19)17-16(22-18(25)24(17)11-19)5-8-23-6-1-2-7-23;/h3-4,9,14H,1-2,5-8,10-11H2,(H,22,25);1H/t14-,19+;/m0./s1. The van der Waals surface area contributed by atoms with Gasteiger partial charge in [0.05, 0.1) is 0 Å². The molecule has 0 amide bonds. The fourth-order valence-corrected chi connectivity index (χ4v) is 5.58. The number of aromatic amines is 1. The summed E-state index contributed by atoms with van der Waals surface area (Å²) in [7, 11) is 0. The lowest BCUT2D eigenvalue weighted by Crippen LogP contribution is -2.22. The highest BCUT2D eigenvalue weighted by molar-refractivity contribution is 9.10. The molecule has 1 aliphatic carbocycles. The molecule has 2 atom stereocenters. The minimum Gasteiger partial charge on any atom is -0.334 e. The molecule has 1 aromatic heterocycles. The van der Waals surface area contributed by atoms with E-state index in [0.29, 0.717) is 5.92 Å². The third kappa shape index (κ3) is 2.81. The van der Waals surface area contributed by atoms with Crippen molar-refractivity contribution in [3.8, 4) is 0 Å². The molecule has 140 valence electrons. The lowest BCUT2D eigenvalue weighted by Gasteiger charge is -2.14. The average molecular weight is 459 g/mol. The van der Waals surface area contributed by atoms with Gasteiger partial charge in [-0.1, -0.05) is 15.9 Å². The third-order valence-electron chi connectivity index (χ3n) is 6.29. The Morgan fingerprint density at radius 2 is 2.08 bits per heavy atom. The molecule has 0 unspecified atom stereocenters. The number of halogens is 3. The Bertz CT molecular complexity index is 905. The van der Waals surface area contributed by atoms with E-state index in [4.69, 9.17) is 12.2 Å². The van der Waals surface area contributed by atoms with Crippen LogP contribution in [0.1, 0.15) is 42.1 Å². The molecule has 0 radical (unpaired) electrons.